The number of aromatic carboxylic acids is 1. The van der Waals surface area contributed by atoms with Crippen LogP contribution in [0.2, 0.25) is 0 Å². The molecule has 0 atom stereocenters. The summed E-state index contributed by atoms with van der Waals surface area (Å²) in [5, 5.41) is 19.1. The highest BCUT2D eigenvalue weighted by Gasteiger charge is 2.35. The third-order valence-corrected chi connectivity index (χ3v) is 2.57. The molecule has 1 N–H and O–H groups in total. The fourth-order valence-electron chi connectivity index (χ4n) is 0.927. The van der Waals surface area contributed by atoms with Gasteiger partial charge in [-0.15, -0.1) is 13.2 Å². The van der Waals surface area contributed by atoms with E-state index in [1.165, 1.54) is 22.6 Å². The van der Waals surface area contributed by atoms with E-state index in [9.17, 15) is 28.1 Å². The summed E-state index contributed by atoms with van der Waals surface area (Å²) < 4.78 is 39.1. The molecular weight excluding hydrogens is 376 g/mol. The molecule has 0 radical (unpaired) electrons. The minimum atomic E-state index is -5.09. The van der Waals surface area contributed by atoms with E-state index in [0.29, 0.717) is 6.07 Å². The van der Waals surface area contributed by atoms with Gasteiger partial charge in [-0.1, -0.05) is 0 Å². The molecule has 1 heterocycles. The molecule has 0 bridgehead atoms. The van der Waals surface area contributed by atoms with Crippen LogP contribution in [-0.2, 0) is 0 Å². The molecule has 7 nitrogen and oxygen atoms in total. The Balaban J connectivity index is 3.40. The number of carboxylic acid groups (broad SMARTS) is 1. The van der Waals surface area contributed by atoms with Crippen LogP contribution in [0.1, 0.15) is 10.5 Å². The average molecular weight is 378 g/mol. The summed E-state index contributed by atoms with van der Waals surface area (Å²) in [4.78, 5) is 23.1. The van der Waals surface area contributed by atoms with Gasteiger partial charge in [0.1, 0.15) is 3.57 Å². The van der Waals surface area contributed by atoms with Crippen molar-refractivity contribution in [3.63, 3.8) is 0 Å². The minimum Gasteiger partial charge on any atom is -0.475 e. The summed E-state index contributed by atoms with van der Waals surface area (Å²) >= 11 is 1.25. The molecule has 0 fully saturated rings. The fourth-order valence-corrected chi connectivity index (χ4v) is 1.54. The van der Waals surface area contributed by atoms with Crippen molar-refractivity contribution < 1.29 is 32.7 Å². The van der Waals surface area contributed by atoms with E-state index in [-0.39, 0.29) is 0 Å². The number of carboxylic acids is 1. The molecule has 0 aliphatic heterocycles. The van der Waals surface area contributed by atoms with Crippen LogP contribution in [0, 0.1) is 13.7 Å². The van der Waals surface area contributed by atoms with Crippen molar-refractivity contribution >= 4 is 34.4 Å². The zero-order chi connectivity index (χ0) is 14.1. The summed E-state index contributed by atoms with van der Waals surface area (Å²) in [6, 6.07) is 0.404. The Labute approximate surface area is 110 Å². The van der Waals surface area contributed by atoms with E-state index in [1.807, 2.05) is 0 Å². The summed E-state index contributed by atoms with van der Waals surface area (Å²) in [5.74, 6) is -3.73. The lowest BCUT2D eigenvalue weighted by molar-refractivity contribution is -0.389. The highest BCUT2D eigenvalue weighted by atomic mass is 127. The predicted molar refractivity (Wildman–Crippen MR) is 57.3 cm³/mol. The van der Waals surface area contributed by atoms with E-state index >= 15 is 0 Å². The molecule has 0 aliphatic rings. The maximum absolute atomic E-state index is 12.0. The lowest BCUT2D eigenvalue weighted by Crippen LogP contribution is -2.19. The monoisotopic (exact) mass is 378 g/mol. The maximum Gasteiger partial charge on any atom is 0.573 e. The number of pyridine rings is 1. The molecule has 0 saturated heterocycles. The first-order chi connectivity index (χ1) is 8.11. The average Bonchev–Trinajstić information content (AvgIpc) is 2.18. The fraction of sp³-hybridized carbons (Fsp3) is 0.143. The van der Waals surface area contributed by atoms with Gasteiger partial charge in [-0.2, -0.15) is 0 Å². The zero-order valence-electron chi connectivity index (χ0n) is 8.06. The van der Waals surface area contributed by atoms with Gasteiger partial charge in [0.2, 0.25) is 0 Å². The van der Waals surface area contributed by atoms with Gasteiger partial charge in [0, 0.05) is 0 Å². The molecule has 1 aromatic rings. The third kappa shape index (κ3) is 3.41. The first kappa shape index (κ1) is 14.4. The lowest BCUT2D eigenvalue weighted by Gasteiger charge is -2.10. The van der Waals surface area contributed by atoms with E-state index < -0.39 is 38.1 Å². The Morgan fingerprint density at radius 3 is 2.50 bits per heavy atom. The van der Waals surface area contributed by atoms with Crippen LogP contribution in [0.15, 0.2) is 6.07 Å². The van der Waals surface area contributed by atoms with Gasteiger partial charge in [0.05, 0.1) is 6.07 Å². The Hall–Kier alpha value is -1.66. The van der Waals surface area contributed by atoms with Crippen LogP contribution in [0.5, 0.6) is 5.75 Å². The largest absolute Gasteiger partial charge is 0.573 e. The van der Waals surface area contributed by atoms with E-state index in [0.717, 1.165) is 0 Å². The number of hydrogen-bond acceptors (Lipinski definition) is 5. The predicted octanol–water partition coefficient (Wildman–Crippen LogP) is 2.19. The quantitative estimate of drug-likeness (QED) is 0.492. The third-order valence-electron chi connectivity index (χ3n) is 1.53. The molecule has 98 valence electrons. The van der Waals surface area contributed by atoms with E-state index in [2.05, 4.69) is 9.72 Å². The molecule has 1 rings (SSSR count). The van der Waals surface area contributed by atoms with Crippen LogP contribution >= 0.6 is 22.6 Å². The molecule has 0 amide bonds. The standard InChI is InChI=1S/C7H2F3IN2O5/c8-7(9,10)18-2-1-3(13(16)17)12-5(4(2)11)6(14)15/h1H,(H,14,15). The number of halogens is 4. The number of carbonyl (C=O) groups is 1. The molecule has 0 aromatic carbocycles. The Bertz CT molecular complexity index is 519. The first-order valence-electron chi connectivity index (χ1n) is 3.96. The number of nitro groups is 1. The number of rotatable bonds is 3. The van der Waals surface area contributed by atoms with E-state index in [4.69, 9.17) is 5.11 Å². The second-order valence-corrected chi connectivity index (χ2v) is 3.83. The Morgan fingerprint density at radius 1 is 1.56 bits per heavy atom. The lowest BCUT2D eigenvalue weighted by atomic mass is 10.3. The number of hydrogen-bond donors (Lipinski definition) is 1. The molecule has 0 saturated carbocycles. The molecule has 0 unspecified atom stereocenters. The molecule has 11 heteroatoms. The van der Waals surface area contributed by atoms with Gasteiger partial charge in [-0.25, -0.2) is 4.79 Å². The van der Waals surface area contributed by atoms with Crippen molar-refractivity contribution in [2.45, 2.75) is 6.36 Å². The number of nitrogens with zero attached hydrogens (tertiary/aromatic N) is 2. The zero-order valence-corrected chi connectivity index (χ0v) is 10.2. The summed E-state index contributed by atoms with van der Waals surface area (Å²) in [6.45, 7) is 0. The van der Waals surface area contributed by atoms with Crippen LogP contribution < -0.4 is 4.74 Å². The first-order valence-corrected chi connectivity index (χ1v) is 5.03. The molecule has 0 spiro atoms. The van der Waals surface area contributed by atoms with Gasteiger partial charge in [0.15, 0.2) is 5.75 Å². The second-order valence-electron chi connectivity index (χ2n) is 2.75. The SMILES string of the molecule is O=C(O)c1nc([N+](=O)[O-])cc(OC(F)(F)F)c1I. The molecule has 0 aliphatic carbocycles. The second kappa shape index (κ2) is 4.91. The highest BCUT2D eigenvalue weighted by Crippen LogP contribution is 2.31. The van der Waals surface area contributed by atoms with Gasteiger partial charge >= 0.3 is 18.1 Å². The summed E-state index contributed by atoms with van der Waals surface area (Å²) in [6.07, 6.45) is -5.09. The number of aromatic nitrogens is 1. The van der Waals surface area contributed by atoms with Gasteiger partial charge in [-0.05, 0) is 32.5 Å². The maximum atomic E-state index is 12.0. The highest BCUT2D eigenvalue weighted by molar-refractivity contribution is 14.1. The van der Waals surface area contributed by atoms with Crippen LogP contribution in [0.4, 0.5) is 19.0 Å². The molecular formula is C7H2F3IN2O5. The Kier molecular flexibility index (Phi) is 3.93. The van der Waals surface area contributed by atoms with Crippen molar-refractivity contribution in [3.05, 3.63) is 25.4 Å². The van der Waals surface area contributed by atoms with Gasteiger partial charge < -0.3 is 20.0 Å². The van der Waals surface area contributed by atoms with Crippen molar-refractivity contribution in [1.82, 2.24) is 4.98 Å². The molecule has 18 heavy (non-hydrogen) atoms. The summed E-state index contributed by atoms with van der Waals surface area (Å²) in [5.41, 5.74) is -0.885. The van der Waals surface area contributed by atoms with Crippen molar-refractivity contribution in [1.29, 1.82) is 0 Å². The summed E-state index contributed by atoms with van der Waals surface area (Å²) in [7, 11) is 0. The van der Waals surface area contributed by atoms with Crippen molar-refractivity contribution in [2.24, 2.45) is 0 Å². The van der Waals surface area contributed by atoms with Gasteiger partial charge in [-0.3, -0.25) is 0 Å². The van der Waals surface area contributed by atoms with Crippen molar-refractivity contribution in [2.75, 3.05) is 0 Å². The van der Waals surface area contributed by atoms with Crippen LogP contribution in [0.25, 0.3) is 0 Å². The minimum absolute atomic E-state index is 0.404. The number of alkyl halides is 3. The normalized spacial score (nSPS) is 11.1. The smallest absolute Gasteiger partial charge is 0.475 e. The van der Waals surface area contributed by atoms with E-state index in [1.54, 1.807) is 0 Å². The topological polar surface area (TPSA) is 103 Å². The van der Waals surface area contributed by atoms with Gasteiger partial charge in [0.25, 0.3) is 5.69 Å². The van der Waals surface area contributed by atoms with Crippen LogP contribution in [-0.4, -0.2) is 27.3 Å². The van der Waals surface area contributed by atoms with Crippen LogP contribution in [0.3, 0.4) is 0 Å². The number of ether oxygens (including phenoxy) is 1. The Morgan fingerprint density at radius 2 is 2.11 bits per heavy atom. The van der Waals surface area contributed by atoms with Crippen molar-refractivity contribution in [3.8, 4) is 5.75 Å². The molecule has 1 aromatic heterocycles.